The van der Waals surface area contributed by atoms with Gasteiger partial charge in [-0.05, 0) is 58.6 Å². The van der Waals surface area contributed by atoms with Gasteiger partial charge in [0.2, 0.25) is 0 Å². The number of hydrogen-bond donors (Lipinski definition) is 0. The molecule has 0 bridgehead atoms. The molecule has 3 rings (SSSR count). The van der Waals surface area contributed by atoms with E-state index in [0.29, 0.717) is 0 Å². The molecule has 0 atom stereocenters. The van der Waals surface area contributed by atoms with Gasteiger partial charge in [-0.3, -0.25) is 14.3 Å². The summed E-state index contributed by atoms with van der Waals surface area (Å²) in [6.07, 6.45) is -3.76. The van der Waals surface area contributed by atoms with Crippen LogP contribution in [0.2, 0.25) is 5.02 Å². The Balaban J connectivity index is 2.11. The summed E-state index contributed by atoms with van der Waals surface area (Å²) >= 11 is 6.34. The number of amides is 1. The fourth-order valence-corrected chi connectivity index (χ4v) is 4.18. The highest BCUT2D eigenvalue weighted by Gasteiger charge is 2.42. The summed E-state index contributed by atoms with van der Waals surface area (Å²) in [6, 6.07) is 4.76. The van der Waals surface area contributed by atoms with Gasteiger partial charge < -0.3 is 4.74 Å². The van der Waals surface area contributed by atoms with E-state index in [1.54, 1.807) is 20.8 Å². The molecular weight excluding hydrogens is 487 g/mol. The van der Waals surface area contributed by atoms with E-state index < -0.39 is 35.3 Å². The van der Waals surface area contributed by atoms with E-state index in [1.165, 1.54) is 29.9 Å². The largest absolute Gasteiger partial charge is 0.443 e. The van der Waals surface area contributed by atoms with E-state index in [0.717, 1.165) is 4.90 Å². The van der Waals surface area contributed by atoms with Crippen molar-refractivity contribution in [1.29, 1.82) is 5.26 Å². The fraction of sp³-hybridized carbons (Fsp3) is 0.522. The highest BCUT2D eigenvalue weighted by atomic mass is 35.5. The fourth-order valence-electron chi connectivity index (χ4n) is 3.93. The number of carbonyl (C=O) groups is 1. The van der Waals surface area contributed by atoms with Crippen LogP contribution in [0.1, 0.15) is 63.9 Å². The Hall–Kier alpha value is -3.13. The first-order valence-corrected chi connectivity index (χ1v) is 11.3. The Kier molecular flexibility index (Phi) is 7.45. The van der Waals surface area contributed by atoms with Gasteiger partial charge in [-0.25, -0.2) is 14.8 Å². The van der Waals surface area contributed by atoms with E-state index in [2.05, 4.69) is 9.97 Å². The number of carbonyl (C=O) groups excluding carboxylic acids is 1. The highest BCUT2D eigenvalue weighted by Crippen LogP contribution is 2.43. The first-order chi connectivity index (χ1) is 16.2. The van der Waals surface area contributed by atoms with Crippen LogP contribution in [0.25, 0.3) is 5.69 Å². The van der Waals surface area contributed by atoms with E-state index in [-0.39, 0.29) is 53.7 Å². The minimum atomic E-state index is -4.29. The van der Waals surface area contributed by atoms with Crippen LogP contribution in [0.5, 0.6) is 0 Å². The summed E-state index contributed by atoms with van der Waals surface area (Å²) in [5, 5.41) is 8.66. The summed E-state index contributed by atoms with van der Waals surface area (Å²) in [7, 11) is 1.35. The second-order valence-corrected chi connectivity index (χ2v) is 9.77. The maximum absolute atomic E-state index is 13.4. The predicted octanol–water partition coefficient (Wildman–Crippen LogP) is 5.36. The molecule has 0 N–H and O–H groups in total. The zero-order valence-corrected chi connectivity index (χ0v) is 20.4. The maximum atomic E-state index is 13.4. The summed E-state index contributed by atoms with van der Waals surface area (Å²) in [5.41, 5.74) is -1.16. The second kappa shape index (κ2) is 9.85. The minimum absolute atomic E-state index is 0.116. The third-order valence-corrected chi connectivity index (χ3v) is 6.03. The van der Waals surface area contributed by atoms with Crippen LogP contribution in [0.3, 0.4) is 0 Å². The number of aromatic nitrogens is 3. The molecule has 0 radical (unpaired) electrons. The smallest absolute Gasteiger partial charge is 0.415 e. The first-order valence-electron chi connectivity index (χ1n) is 11.0. The van der Waals surface area contributed by atoms with Crippen LogP contribution in [0.15, 0.2) is 23.1 Å². The molecule has 0 saturated heterocycles. The molecule has 2 aromatic heterocycles. The average Bonchev–Trinajstić information content (AvgIpc) is 2.78. The number of rotatable bonds is 3. The zero-order valence-electron chi connectivity index (χ0n) is 19.7. The molecule has 1 aliphatic carbocycles. The van der Waals surface area contributed by atoms with Crippen molar-refractivity contribution in [1.82, 2.24) is 14.5 Å². The molecule has 1 saturated carbocycles. The maximum Gasteiger partial charge on any atom is 0.415 e. The molecule has 2 aromatic rings. The molecule has 2 heterocycles. The second-order valence-electron chi connectivity index (χ2n) is 9.39. The lowest BCUT2D eigenvalue weighted by Crippen LogP contribution is -2.37. The molecule has 0 spiro atoms. The van der Waals surface area contributed by atoms with Crippen molar-refractivity contribution < 1.29 is 22.7 Å². The van der Waals surface area contributed by atoms with Crippen molar-refractivity contribution in [3.8, 4) is 11.8 Å². The normalized spacial score (nSPS) is 18.6. The first kappa shape index (κ1) is 26.5. The molecular formula is C23H25ClF3N5O3. The van der Waals surface area contributed by atoms with Crippen molar-refractivity contribution >= 4 is 23.5 Å². The monoisotopic (exact) mass is 511 g/mol. The van der Waals surface area contributed by atoms with Gasteiger partial charge in [0.15, 0.2) is 5.82 Å². The van der Waals surface area contributed by atoms with Gasteiger partial charge in [-0.2, -0.15) is 18.4 Å². The molecule has 8 nitrogen and oxygen atoms in total. The van der Waals surface area contributed by atoms with Crippen molar-refractivity contribution in [2.75, 3.05) is 11.9 Å². The lowest BCUT2D eigenvalue weighted by Gasteiger charge is -2.31. The van der Waals surface area contributed by atoms with Gasteiger partial charge in [0.25, 0.3) is 5.56 Å². The number of nitrogens with zero attached hydrogens (tertiary/aromatic N) is 5. The standard InChI is InChI=1S/C23H25ClF3N5O3/c1-22(2,3)35-21(34)31(4)19-17(24)20(33)32(16-10-9-15(11-28)29-12-16)18(30-19)13-5-7-14(8-6-13)23(25,26)27/h9-10,12-14H,5-8H2,1-4H3/t13-,14+. The Bertz CT molecular complexity index is 1190. The van der Waals surface area contributed by atoms with Crippen molar-refractivity contribution in [2.24, 2.45) is 5.92 Å². The van der Waals surface area contributed by atoms with Gasteiger partial charge in [0, 0.05) is 13.0 Å². The molecule has 0 unspecified atom stereocenters. The van der Waals surface area contributed by atoms with Crippen LogP contribution >= 0.6 is 11.6 Å². The van der Waals surface area contributed by atoms with Gasteiger partial charge >= 0.3 is 12.3 Å². The number of ether oxygens (including phenoxy) is 1. The summed E-state index contributed by atoms with van der Waals surface area (Å²) < 4.78 is 46.2. The SMILES string of the molecule is CN(C(=O)OC(C)(C)C)c1nc([C@H]2CC[C@@H](C(F)(F)F)CC2)n(-c2ccc(C#N)nc2)c(=O)c1Cl. The predicted molar refractivity (Wildman–Crippen MR) is 123 cm³/mol. The lowest BCUT2D eigenvalue weighted by molar-refractivity contribution is -0.182. The molecule has 0 aliphatic heterocycles. The van der Waals surface area contributed by atoms with Gasteiger partial charge in [-0.1, -0.05) is 11.6 Å². The van der Waals surface area contributed by atoms with Gasteiger partial charge in [-0.15, -0.1) is 0 Å². The Morgan fingerprint density at radius 1 is 1.23 bits per heavy atom. The summed E-state index contributed by atoms with van der Waals surface area (Å²) in [6.45, 7) is 5.02. The van der Waals surface area contributed by atoms with Crippen LogP contribution in [0.4, 0.5) is 23.8 Å². The van der Waals surface area contributed by atoms with E-state index in [1.807, 2.05) is 6.07 Å². The Labute approximate surface area is 205 Å². The summed E-state index contributed by atoms with van der Waals surface area (Å²) in [4.78, 5) is 35.5. The lowest BCUT2D eigenvalue weighted by atomic mass is 9.81. The van der Waals surface area contributed by atoms with Crippen molar-refractivity contribution in [2.45, 2.75) is 64.1 Å². The molecule has 1 fully saturated rings. The number of halogens is 4. The van der Waals surface area contributed by atoms with E-state index in [4.69, 9.17) is 21.6 Å². The Morgan fingerprint density at radius 3 is 2.34 bits per heavy atom. The minimum Gasteiger partial charge on any atom is -0.443 e. The molecule has 12 heteroatoms. The van der Waals surface area contributed by atoms with E-state index in [9.17, 15) is 22.8 Å². The number of hydrogen-bond acceptors (Lipinski definition) is 6. The quantitative estimate of drug-likeness (QED) is 0.550. The summed E-state index contributed by atoms with van der Waals surface area (Å²) in [5.74, 6) is -1.92. The molecule has 188 valence electrons. The van der Waals surface area contributed by atoms with Gasteiger partial charge in [0.05, 0.1) is 17.8 Å². The van der Waals surface area contributed by atoms with Crippen LogP contribution in [-0.4, -0.2) is 39.5 Å². The van der Waals surface area contributed by atoms with E-state index >= 15 is 0 Å². The molecule has 0 aromatic carbocycles. The molecule has 1 amide bonds. The van der Waals surface area contributed by atoms with Crippen molar-refractivity contribution in [3.05, 3.63) is 45.2 Å². The zero-order chi connectivity index (χ0) is 26.1. The van der Waals surface area contributed by atoms with Crippen LogP contribution < -0.4 is 10.5 Å². The highest BCUT2D eigenvalue weighted by molar-refractivity contribution is 6.33. The third kappa shape index (κ3) is 5.93. The van der Waals surface area contributed by atoms with Crippen molar-refractivity contribution in [3.63, 3.8) is 0 Å². The van der Waals surface area contributed by atoms with Crippen LogP contribution in [0, 0.1) is 17.2 Å². The third-order valence-electron chi connectivity index (χ3n) is 5.70. The van der Waals surface area contributed by atoms with Crippen LogP contribution in [-0.2, 0) is 4.74 Å². The van der Waals surface area contributed by atoms with Gasteiger partial charge in [0.1, 0.15) is 28.2 Å². The number of pyridine rings is 1. The molecule has 35 heavy (non-hydrogen) atoms. The number of anilines is 1. The topological polar surface area (TPSA) is 101 Å². The molecule has 1 aliphatic rings. The number of alkyl halides is 3. The Morgan fingerprint density at radius 2 is 1.86 bits per heavy atom. The average molecular weight is 512 g/mol. The number of nitriles is 1.